The first kappa shape index (κ1) is 30.4. The summed E-state index contributed by atoms with van der Waals surface area (Å²) in [6, 6.07) is 16.0. The second-order valence-corrected chi connectivity index (χ2v) is 11.6. The average molecular weight is 595 g/mol. The molecule has 1 aliphatic rings. The predicted molar refractivity (Wildman–Crippen MR) is 158 cm³/mol. The molecule has 0 saturated carbocycles. The van der Waals surface area contributed by atoms with Gasteiger partial charge in [0.1, 0.15) is 18.4 Å². The van der Waals surface area contributed by atoms with Gasteiger partial charge in [-0.3, -0.25) is 4.99 Å². The second kappa shape index (κ2) is 12.5. The van der Waals surface area contributed by atoms with Crippen LogP contribution >= 0.6 is 0 Å². The molecule has 4 rings (SSSR count). The number of nitrogens with one attached hydrogen (secondary N) is 2. The quantitative estimate of drug-likeness (QED) is 0.204. The van der Waals surface area contributed by atoms with E-state index in [9.17, 15) is 23.1 Å². The van der Waals surface area contributed by atoms with E-state index in [2.05, 4.69) is 15.0 Å². The van der Waals surface area contributed by atoms with E-state index >= 15 is 0 Å². The zero-order chi connectivity index (χ0) is 30.6. The third kappa shape index (κ3) is 6.33. The van der Waals surface area contributed by atoms with Gasteiger partial charge < -0.3 is 25.6 Å². The molecule has 42 heavy (non-hydrogen) atoms. The number of methoxy groups -OCH3 is 1. The maximum atomic E-state index is 13.0. The Bertz CT molecular complexity index is 1610. The number of carbonyl (C=O) groups excluding carboxylic acids is 1. The number of fused-ring (bicyclic) bond motifs is 3. The smallest absolute Gasteiger partial charge is 0.407 e. The van der Waals surface area contributed by atoms with Crippen LogP contribution in [0.4, 0.5) is 4.79 Å². The number of alkyl carbamates (subject to hydrolysis) is 1. The van der Waals surface area contributed by atoms with Crippen LogP contribution in [0.25, 0.3) is 11.1 Å². The fourth-order valence-electron chi connectivity index (χ4n) is 5.22. The van der Waals surface area contributed by atoms with Gasteiger partial charge in [0.25, 0.3) is 10.0 Å². The zero-order valence-electron chi connectivity index (χ0n) is 23.8. The van der Waals surface area contributed by atoms with E-state index in [0.29, 0.717) is 22.4 Å². The normalized spacial score (nSPS) is 13.6. The van der Waals surface area contributed by atoms with E-state index in [1.165, 1.54) is 7.11 Å². The van der Waals surface area contributed by atoms with Gasteiger partial charge in [0, 0.05) is 12.5 Å². The molecule has 11 nitrogen and oxygen atoms in total. The first-order chi connectivity index (χ1) is 19.9. The predicted octanol–water partition coefficient (Wildman–Crippen LogP) is 3.60. The number of benzene rings is 3. The Hall–Kier alpha value is -4.58. The molecule has 0 saturated heterocycles. The number of carboxylic acids is 1. The van der Waals surface area contributed by atoms with Crippen molar-refractivity contribution >= 4 is 28.0 Å². The van der Waals surface area contributed by atoms with Gasteiger partial charge >= 0.3 is 12.1 Å². The van der Waals surface area contributed by atoms with Crippen molar-refractivity contribution in [3.8, 4) is 16.9 Å². The van der Waals surface area contributed by atoms with Gasteiger partial charge in [-0.15, -0.1) is 0 Å². The summed E-state index contributed by atoms with van der Waals surface area (Å²) in [4.78, 5) is 28.4. The third-order valence-electron chi connectivity index (χ3n) is 7.34. The van der Waals surface area contributed by atoms with E-state index in [4.69, 9.17) is 15.2 Å². The molecule has 0 spiro atoms. The summed E-state index contributed by atoms with van der Waals surface area (Å²) in [5.74, 6) is -1.31. The molecule has 5 N–H and O–H groups in total. The maximum absolute atomic E-state index is 13.0. The molecule has 1 atom stereocenters. The number of aliphatic imine (C=N–C) groups is 1. The van der Waals surface area contributed by atoms with Crippen LogP contribution in [0.2, 0.25) is 0 Å². The van der Waals surface area contributed by atoms with Crippen molar-refractivity contribution in [3.63, 3.8) is 0 Å². The number of hydrogen-bond donors (Lipinski definition) is 4. The van der Waals surface area contributed by atoms with Crippen LogP contribution in [0.5, 0.6) is 5.75 Å². The number of carbonyl (C=O) groups is 2. The Kier molecular flexibility index (Phi) is 9.05. The largest absolute Gasteiger partial charge is 0.496 e. The Morgan fingerprint density at radius 1 is 1.02 bits per heavy atom. The van der Waals surface area contributed by atoms with Gasteiger partial charge in [0.15, 0.2) is 0 Å². The topological polar surface area (TPSA) is 169 Å². The van der Waals surface area contributed by atoms with Crippen molar-refractivity contribution in [3.05, 3.63) is 82.4 Å². The number of nitrogens with zero attached hydrogens (tertiary/aromatic N) is 1. The van der Waals surface area contributed by atoms with E-state index in [-0.39, 0.29) is 30.4 Å². The minimum Gasteiger partial charge on any atom is -0.496 e. The van der Waals surface area contributed by atoms with Gasteiger partial charge in [-0.25, -0.2) is 22.7 Å². The fraction of sp³-hybridized carbons (Fsp3) is 0.300. The standard InChI is InChI=1S/C30H34N4O7S/c1-17-15-26(40-4)18(2)19(3)27(17)42(38,39)34-29(31)32-14-13-25(28(35)36)33-30(37)41-16-24-22-11-7-5-9-20(22)21-10-6-8-12-23(21)24/h5-12,15,24-25H,13-14,16H2,1-4H3,(H,33,37)(H,35,36)(H3,31,32,34)/t25-/m0/s1. The lowest BCUT2D eigenvalue weighted by Gasteiger charge is -2.17. The molecule has 0 radical (unpaired) electrons. The lowest BCUT2D eigenvalue weighted by molar-refractivity contribution is -0.139. The second-order valence-electron chi connectivity index (χ2n) is 10.00. The molecular weight excluding hydrogens is 560 g/mol. The van der Waals surface area contributed by atoms with Crippen LogP contribution in [-0.2, 0) is 19.6 Å². The molecule has 222 valence electrons. The van der Waals surface area contributed by atoms with Crippen molar-refractivity contribution in [2.45, 2.75) is 44.0 Å². The van der Waals surface area contributed by atoms with Gasteiger partial charge in [-0.2, -0.15) is 0 Å². The lowest BCUT2D eigenvalue weighted by atomic mass is 9.98. The summed E-state index contributed by atoms with van der Waals surface area (Å²) in [7, 11) is -2.57. The molecule has 0 bridgehead atoms. The molecule has 12 heteroatoms. The Labute approximate surface area is 244 Å². The van der Waals surface area contributed by atoms with Crippen molar-refractivity contribution in [2.24, 2.45) is 10.7 Å². The number of amides is 1. The summed E-state index contributed by atoms with van der Waals surface area (Å²) < 4.78 is 39.0. The monoisotopic (exact) mass is 594 g/mol. The number of carboxylic acid groups (broad SMARTS) is 1. The van der Waals surface area contributed by atoms with Crippen molar-refractivity contribution in [1.82, 2.24) is 10.0 Å². The molecule has 0 unspecified atom stereocenters. The highest BCUT2D eigenvalue weighted by molar-refractivity contribution is 7.90. The van der Waals surface area contributed by atoms with Crippen molar-refractivity contribution in [1.29, 1.82) is 0 Å². The number of guanidine groups is 1. The van der Waals surface area contributed by atoms with Crippen LogP contribution in [0.3, 0.4) is 0 Å². The summed E-state index contributed by atoms with van der Waals surface area (Å²) in [5.41, 5.74) is 11.7. The molecule has 0 fully saturated rings. The van der Waals surface area contributed by atoms with Crippen molar-refractivity contribution < 1.29 is 32.6 Å². The molecule has 0 aliphatic heterocycles. The minimum atomic E-state index is -4.08. The highest BCUT2D eigenvalue weighted by Gasteiger charge is 2.30. The molecule has 1 aliphatic carbocycles. The fourth-order valence-corrected chi connectivity index (χ4v) is 6.70. The minimum absolute atomic E-state index is 0.0305. The maximum Gasteiger partial charge on any atom is 0.407 e. The van der Waals surface area contributed by atoms with E-state index in [0.717, 1.165) is 22.3 Å². The summed E-state index contributed by atoms with van der Waals surface area (Å²) in [6.45, 7) is 4.92. The van der Waals surface area contributed by atoms with Crippen LogP contribution in [-0.4, -0.2) is 57.8 Å². The zero-order valence-corrected chi connectivity index (χ0v) is 24.6. The number of nitrogens with two attached hydrogens (primary N) is 1. The van der Waals surface area contributed by atoms with Gasteiger partial charge in [-0.05, 0) is 72.2 Å². The van der Waals surface area contributed by atoms with Crippen molar-refractivity contribution in [2.75, 3.05) is 20.3 Å². The highest BCUT2D eigenvalue weighted by Crippen LogP contribution is 2.44. The summed E-state index contributed by atoms with van der Waals surface area (Å²) in [5, 5.41) is 12.0. The van der Waals surface area contributed by atoms with E-state index in [1.54, 1.807) is 26.8 Å². The Morgan fingerprint density at radius 2 is 1.62 bits per heavy atom. The first-order valence-corrected chi connectivity index (χ1v) is 14.7. The number of rotatable bonds is 10. The summed E-state index contributed by atoms with van der Waals surface area (Å²) in [6.07, 6.45) is -1.04. The number of sulfonamides is 1. The SMILES string of the molecule is COc1cc(C)c(S(=O)(=O)NC(N)=NCC[C@H](NC(=O)OCC2c3ccccc3-c3ccccc32)C(=O)O)c(C)c1C. The number of aliphatic carboxylic acids is 1. The molecule has 3 aromatic carbocycles. The van der Waals surface area contributed by atoms with Crippen LogP contribution in [0.1, 0.15) is 40.2 Å². The molecule has 0 aromatic heterocycles. The number of aryl methyl sites for hydroxylation is 1. The molecule has 0 heterocycles. The van der Waals surface area contributed by atoms with E-state index < -0.39 is 34.1 Å². The Morgan fingerprint density at radius 3 is 2.19 bits per heavy atom. The van der Waals surface area contributed by atoms with Gasteiger partial charge in [0.05, 0.1) is 12.0 Å². The van der Waals surface area contributed by atoms with Crippen LogP contribution in [0, 0.1) is 20.8 Å². The Balaban J connectivity index is 1.35. The third-order valence-corrected chi connectivity index (χ3v) is 8.98. The van der Waals surface area contributed by atoms with Gasteiger partial charge in [-0.1, -0.05) is 48.5 Å². The van der Waals surface area contributed by atoms with Gasteiger partial charge in [0.2, 0.25) is 5.96 Å². The number of hydrogen-bond acceptors (Lipinski definition) is 7. The summed E-state index contributed by atoms with van der Waals surface area (Å²) >= 11 is 0. The average Bonchev–Trinajstić information content (AvgIpc) is 3.26. The molecule has 3 aromatic rings. The number of ether oxygens (including phenoxy) is 2. The molecular formula is C30H34N4O7S. The molecule has 1 amide bonds. The van der Waals surface area contributed by atoms with Crippen LogP contribution < -0.4 is 20.5 Å². The van der Waals surface area contributed by atoms with Crippen LogP contribution in [0.15, 0.2) is 64.5 Å². The first-order valence-electron chi connectivity index (χ1n) is 13.3. The van der Waals surface area contributed by atoms with E-state index in [1.807, 2.05) is 48.5 Å². The highest BCUT2D eigenvalue weighted by atomic mass is 32.2. The lowest BCUT2D eigenvalue weighted by Crippen LogP contribution is -2.42.